The van der Waals surface area contributed by atoms with Crippen molar-refractivity contribution < 1.29 is 31.8 Å². The first-order valence-corrected chi connectivity index (χ1v) is 17.1. The minimum absolute atomic E-state index is 0.00492. The van der Waals surface area contributed by atoms with Crippen molar-refractivity contribution in [1.82, 2.24) is 14.9 Å². The Labute approximate surface area is 282 Å². The molecule has 2 unspecified atom stereocenters. The quantitative estimate of drug-likeness (QED) is 0.222. The molecular weight excluding hydrogens is 672 g/mol. The second-order valence-corrected chi connectivity index (χ2v) is 14.7. The summed E-state index contributed by atoms with van der Waals surface area (Å²) in [4.78, 5) is 13.0. The Morgan fingerprint density at radius 3 is 2.85 bits per heavy atom. The molecule has 4 atom stereocenters. The van der Waals surface area contributed by atoms with E-state index in [1.807, 2.05) is 6.07 Å². The number of nitrogen functional groups attached to an aromatic ring is 1. The maximum Gasteiger partial charge on any atom is 0.319 e. The summed E-state index contributed by atoms with van der Waals surface area (Å²) < 4.78 is 79.0. The number of thiophene rings is 1. The molecule has 15 heteroatoms. The van der Waals surface area contributed by atoms with Crippen molar-refractivity contribution in [2.24, 2.45) is 11.8 Å². The van der Waals surface area contributed by atoms with Gasteiger partial charge in [0.2, 0.25) is 0 Å². The van der Waals surface area contributed by atoms with Crippen molar-refractivity contribution in [1.29, 1.82) is 5.26 Å². The normalized spacial score (nSPS) is 25.3. The van der Waals surface area contributed by atoms with E-state index in [1.54, 1.807) is 0 Å². The average molecular weight is 703 g/mol. The SMILES string of the molecule is C[C@H]1CN2CCC[C@@]2(COc2nc3c4c(c(Cl)c(-c5ccc(F)c6sc(N)c(C#N)c56)c(F)c4n2)OC2COCC2CN3CC(F)F)C1. The summed E-state index contributed by atoms with van der Waals surface area (Å²) >= 11 is 7.91. The second-order valence-electron chi connectivity index (χ2n) is 13.3. The number of fused-ring (bicyclic) bond motifs is 3. The molecule has 252 valence electrons. The van der Waals surface area contributed by atoms with E-state index in [0.29, 0.717) is 5.92 Å². The molecule has 2 aromatic carbocycles. The van der Waals surface area contributed by atoms with Crippen LogP contribution in [0, 0.1) is 34.8 Å². The van der Waals surface area contributed by atoms with E-state index in [-0.39, 0.29) is 103 Å². The topological polar surface area (TPSA) is 110 Å². The number of nitriles is 1. The van der Waals surface area contributed by atoms with Crippen molar-refractivity contribution in [2.45, 2.75) is 44.3 Å². The number of alkyl halides is 2. The third-order valence-electron chi connectivity index (χ3n) is 10.1. The van der Waals surface area contributed by atoms with E-state index in [0.717, 1.165) is 49.8 Å². The fourth-order valence-corrected chi connectivity index (χ4v) is 9.41. The lowest BCUT2D eigenvalue weighted by Gasteiger charge is -2.34. The molecular formula is C33H31ClF4N6O3S. The molecule has 3 fully saturated rings. The molecule has 0 amide bonds. The lowest BCUT2D eigenvalue weighted by atomic mass is 9.92. The molecule has 0 bridgehead atoms. The van der Waals surface area contributed by atoms with Gasteiger partial charge in [-0.1, -0.05) is 24.6 Å². The monoisotopic (exact) mass is 702 g/mol. The van der Waals surface area contributed by atoms with Crippen LogP contribution >= 0.6 is 22.9 Å². The molecule has 0 saturated carbocycles. The number of benzene rings is 2. The molecule has 6 heterocycles. The number of halogens is 5. The maximum atomic E-state index is 17.2. The molecule has 0 radical (unpaired) electrons. The predicted octanol–water partition coefficient (Wildman–Crippen LogP) is 6.63. The summed E-state index contributed by atoms with van der Waals surface area (Å²) in [6, 6.07) is 4.32. The highest BCUT2D eigenvalue weighted by atomic mass is 35.5. The molecule has 8 rings (SSSR count). The zero-order valence-electron chi connectivity index (χ0n) is 25.9. The highest BCUT2D eigenvalue weighted by Gasteiger charge is 2.48. The summed E-state index contributed by atoms with van der Waals surface area (Å²) in [6.07, 6.45) is -0.463. The number of aromatic nitrogens is 2. The van der Waals surface area contributed by atoms with Gasteiger partial charge in [-0.25, -0.2) is 17.6 Å². The van der Waals surface area contributed by atoms with Crippen molar-refractivity contribution in [3.05, 3.63) is 34.4 Å². The number of anilines is 2. The first-order valence-electron chi connectivity index (χ1n) is 15.9. The molecule has 0 spiro atoms. The van der Waals surface area contributed by atoms with Crippen LogP contribution in [0.15, 0.2) is 12.1 Å². The highest BCUT2D eigenvalue weighted by Crippen LogP contribution is 2.51. The summed E-state index contributed by atoms with van der Waals surface area (Å²) in [7, 11) is 0. The zero-order chi connectivity index (χ0) is 33.5. The van der Waals surface area contributed by atoms with Crippen LogP contribution in [0.2, 0.25) is 5.02 Å². The first-order chi connectivity index (χ1) is 23.1. The fourth-order valence-electron chi connectivity index (χ4n) is 8.13. The van der Waals surface area contributed by atoms with Crippen LogP contribution in [0.1, 0.15) is 31.7 Å². The lowest BCUT2D eigenvalue weighted by Crippen LogP contribution is -2.43. The molecule has 48 heavy (non-hydrogen) atoms. The van der Waals surface area contributed by atoms with Crippen molar-refractivity contribution in [2.75, 3.05) is 56.6 Å². The summed E-state index contributed by atoms with van der Waals surface area (Å²) in [6.45, 7) is 4.16. The Morgan fingerprint density at radius 1 is 1.23 bits per heavy atom. The Hall–Kier alpha value is -3.64. The van der Waals surface area contributed by atoms with Gasteiger partial charge >= 0.3 is 6.01 Å². The Kier molecular flexibility index (Phi) is 7.74. The van der Waals surface area contributed by atoms with Crippen LogP contribution in [-0.4, -0.2) is 78.9 Å². The Morgan fingerprint density at radius 2 is 2.06 bits per heavy atom. The number of ether oxygens (including phenoxy) is 3. The van der Waals surface area contributed by atoms with E-state index in [2.05, 4.69) is 21.8 Å². The van der Waals surface area contributed by atoms with Crippen LogP contribution in [0.25, 0.3) is 32.1 Å². The molecule has 4 aromatic rings. The maximum absolute atomic E-state index is 17.2. The number of hydrogen-bond donors (Lipinski definition) is 1. The van der Waals surface area contributed by atoms with Crippen LogP contribution in [0.4, 0.5) is 28.4 Å². The number of nitrogens with zero attached hydrogens (tertiary/aromatic N) is 5. The second kappa shape index (κ2) is 11.8. The first kappa shape index (κ1) is 31.6. The van der Waals surface area contributed by atoms with E-state index >= 15 is 8.78 Å². The van der Waals surface area contributed by atoms with Gasteiger partial charge < -0.3 is 24.8 Å². The Balaban J connectivity index is 1.37. The van der Waals surface area contributed by atoms with Gasteiger partial charge in [0.05, 0.1) is 46.0 Å². The summed E-state index contributed by atoms with van der Waals surface area (Å²) in [5, 5.41) is 9.92. The van der Waals surface area contributed by atoms with Gasteiger partial charge in [0.1, 0.15) is 40.9 Å². The van der Waals surface area contributed by atoms with Gasteiger partial charge in [0.25, 0.3) is 6.43 Å². The zero-order valence-corrected chi connectivity index (χ0v) is 27.4. The van der Waals surface area contributed by atoms with Crippen LogP contribution < -0.4 is 20.1 Å². The van der Waals surface area contributed by atoms with Crippen molar-refractivity contribution in [3.63, 3.8) is 0 Å². The van der Waals surface area contributed by atoms with Gasteiger partial charge in [0, 0.05) is 30.0 Å². The molecule has 2 aromatic heterocycles. The fraction of sp³-hybridized carbons (Fsp3) is 0.485. The van der Waals surface area contributed by atoms with Crippen molar-refractivity contribution >= 4 is 54.7 Å². The third kappa shape index (κ3) is 4.92. The highest BCUT2D eigenvalue weighted by molar-refractivity contribution is 7.23. The average Bonchev–Trinajstić information content (AvgIpc) is 3.80. The molecule has 3 saturated heterocycles. The summed E-state index contributed by atoms with van der Waals surface area (Å²) in [5.41, 5.74) is 5.50. The Bertz CT molecular complexity index is 2010. The third-order valence-corrected chi connectivity index (χ3v) is 11.5. The van der Waals surface area contributed by atoms with E-state index < -0.39 is 30.7 Å². The van der Waals surface area contributed by atoms with Gasteiger partial charge in [0.15, 0.2) is 11.6 Å². The van der Waals surface area contributed by atoms with E-state index in [1.165, 1.54) is 11.0 Å². The van der Waals surface area contributed by atoms with Gasteiger partial charge in [-0.05, 0) is 43.4 Å². The van der Waals surface area contributed by atoms with Gasteiger partial charge in [-0.15, -0.1) is 11.3 Å². The largest absolute Gasteiger partial charge is 0.485 e. The number of hydrogen-bond acceptors (Lipinski definition) is 10. The molecule has 0 aliphatic carbocycles. The van der Waals surface area contributed by atoms with E-state index in [4.69, 9.17) is 31.5 Å². The number of nitrogens with two attached hydrogens (primary N) is 1. The van der Waals surface area contributed by atoms with Gasteiger partial charge in [-0.3, -0.25) is 4.90 Å². The van der Waals surface area contributed by atoms with Crippen LogP contribution in [-0.2, 0) is 4.74 Å². The minimum Gasteiger partial charge on any atom is -0.485 e. The molecule has 9 nitrogen and oxygen atoms in total. The smallest absolute Gasteiger partial charge is 0.319 e. The molecule has 4 aliphatic heterocycles. The standard InChI is InChI=1S/C33H31ClF4N6O3S/c1-15-7-33(5-2-6-44(33)9-15)14-46-32-41-27-24-28(47-20-13-45-12-16(20)10-43(11-21(36)37)31(24)42-32)25(34)23(26(27)38)17-3-4-19(35)29-22(17)18(8-39)30(40)48-29/h3-4,15-16,20-21H,2,5-7,9-14,40H2,1H3/t15-,16?,20?,33+/m1/s1. The van der Waals surface area contributed by atoms with Crippen molar-refractivity contribution in [3.8, 4) is 29.0 Å². The van der Waals surface area contributed by atoms with Crippen LogP contribution in [0.3, 0.4) is 0 Å². The van der Waals surface area contributed by atoms with Crippen LogP contribution in [0.5, 0.6) is 11.8 Å². The number of rotatable bonds is 6. The minimum atomic E-state index is -2.74. The van der Waals surface area contributed by atoms with Gasteiger partial charge in [-0.2, -0.15) is 15.2 Å². The molecule has 4 aliphatic rings. The summed E-state index contributed by atoms with van der Waals surface area (Å²) in [5.74, 6) is -1.43. The van der Waals surface area contributed by atoms with E-state index in [9.17, 15) is 14.0 Å². The lowest BCUT2D eigenvalue weighted by molar-refractivity contribution is 0.107. The molecule has 2 N–H and O–H groups in total. The predicted molar refractivity (Wildman–Crippen MR) is 174 cm³/mol.